The van der Waals surface area contributed by atoms with Crippen LogP contribution in [0.3, 0.4) is 0 Å². The van der Waals surface area contributed by atoms with E-state index < -0.39 is 0 Å². The minimum Gasteiger partial charge on any atom is -0.506 e. The predicted molar refractivity (Wildman–Crippen MR) is 55.2 cm³/mol. The zero-order valence-corrected chi connectivity index (χ0v) is 8.35. The number of aromatic nitrogens is 2. The molecule has 2 aromatic heterocycles. The van der Waals surface area contributed by atoms with E-state index in [-0.39, 0.29) is 5.75 Å². The summed E-state index contributed by atoms with van der Waals surface area (Å²) >= 11 is 5.69. The van der Waals surface area contributed by atoms with E-state index in [4.69, 9.17) is 21.4 Å². The smallest absolute Gasteiger partial charge is 0.149 e. The second-order valence-corrected chi connectivity index (χ2v) is 3.18. The van der Waals surface area contributed by atoms with Crippen molar-refractivity contribution < 1.29 is 9.84 Å². The maximum atomic E-state index is 9.16. The van der Waals surface area contributed by atoms with Gasteiger partial charge in [0.15, 0.2) is 0 Å². The van der Waals surface area contributed by atoms with Gasteiger partial charge in [-0.1, -0.05) is 11.6 Å². The molecule has 0 radical (unpaired) electrons. The van der Waals surface area contributed by atoms with Gasteiger partial charge in [-0.15, -0.1) is 0 Å². The van der Waals surface area contributed by atoms with E-state index in [1.54, 1.807) is 12.1 Å². The third-order valence-electron chi connectivity index (χ3n) is 1.63. The molecule has 2 aromatic rings. The van der Waals surface area contributed by atoms with Crippen LogP contribution < -0.4 is 4.74 Å². The summed E-state index contributed by atoms with van der Waals surface area (Å²) in [5, 5.41) is 9.51. The topological polar surface area (TPSA) is 55.2 Å². The normalized spacial score (nSPS) is 9.93. The molecule has 0 saturated carbocycles. The van der Waals surface area contributed by atoms with Gasteiger partial charge in [0.2, 0.25) is 0 Å². The molecule has 0 spiro atoms. The Labute approximate surface area is 91.1 Å². The predicted octanol–water partition coefficient (Wildman–Crippen LogP) is 2.63. The Morgan fingerprint density at radius 1 is 1.20 bits per heavy atom. The number of rotatable bonds is 2. The summed E-state index contributed by atoms with van der Waals surface area (Å²) in [6.45, 7) is 0. The number of nitrogens with zero attached hydrogens (tertiary/aromatic N) is 2. The highest BCUT2D eigenvalue weighted by Crippen LogP contribution is 2.24. The third-order valence-corrected chi connectivity index (χ3v) is 1.84. The van der Waals surface area contributed by atoms with Gasteiger partial charge >= 0.3 is 0 Å². The summed E-state index contributed by atoms with van der Waals surface area (Å²) in [5.74, 6) is 1.03. The monoisotopic (exact) mass is 222 g/mol. The molecule has 0 amide bonds. The fraction of sp³-hybridized carbons (Fsp3) is 0. The van der Waals surface area contributed by atoms with Crippen LogP contribution in [0.15, 0.2) is 36.8 Å². The van der Waals surface area contributed by atoms with Crippen molar-refractivity contribution in [2.75, 3.05) is 0 Å². The van der Waals surface area contributed by atoms with E-state index in [0.717, 1.165) is 0 Å². The first-order valence-electron chi connectivity index (χ1n) is 4.17. The van der Waals surface area contributed by atoms with Crippen molar-refractivity contribution in [3.63, 3.8) is 0 Å². The minimum atomic E-state index is 0.0488. The summed E-state index contributed by atoms with van der Waals surface area (Å²) in [5.41, 5.74) is 0. The molecule has 0 atom stereocenters. The largest absolute Gasteiger partial charge is 0.506 e. The number of hydrogen-bond acceptors (Lipinski definition) is 4. The summed E-state index contributed by atoms with van der Waals surface area (Å²) < 4.78 is 5.39. The van der Waals surface area contributed by atoms with Crippen LogP contribution in [0.5, 0.6) is 17.2 Å². The Kier molecular flexibility index (Phi) is 2.69. The van der Waals surface area contributed by atoms with Gasteiger partial charge in [0, 0.05) is 18.3 Å². The lowest BCUT2D eigenvalue weighted by atomic mass is 10.4. The zero-order chi connectivity index (χ0) is 10.7. The Morgan fingerprint density at radius 2 is 2.07 bits per heavy atom. The molecule has 0 bridgehead atoms. The summed E-state index contributed by atoms with van der Waals surface area (Å²) in [4.78, 5) is 7.60. The van der Waals surface area contributed by atoms with E-state index in [0.29, 0.717) is 16.7 Å². The number of pyridine rings is 2. The molecular formula is C10H7ClN2O2. The van der Waals surface area contributed by atoms with Gasteiger partial charge in [-0.05, 0) is 6.07 Å². The summed E-state index contributed by atoms with van der Waals surface area (Å²) in [6, 6.07) is 4.70. The lowest BCUT2D eigenvalue weighted by Gasteiger charge is -2.04. The van der Waals surface area contributed by atoms with Crippen LogP contribution in [0.4, 0.5) is 0 Å². The second-order valence-electron chi connectivity index (χ2n) is 2.80. The fourth-order valence-corrected chi connectivity index (χ4v) is 1.21. The molecule has 0 aromatic carbocycles. The molecular weight excluding hydrogens is 216 g/mol. The molecule has 2 rings (SSSR count). The molecule has 0 fully saturated rings. The van der Waals surface area contributed by atoms with Gasteiger partial charge < -0.3 is 9.84 Å². The van der Waals surface area contributed by atoms with E-state index >= 15 is 0 Å². The molecule has 0 aliphatic carbocycles. The van der Waals surface area contributed by atoms with Crippen LogP contribution in [0.25, 0.3) is 0 Å². The molecule has 4 nitrogen and oxygen atoms in total. The molecule has 2 heterocycles. The maximum absolute atomic E-state index is 9.16. The van der Waals surface area contributed by atoms with Crippen molar-refractivity contribution in [3.8, 4) is 17.2 Å². The van der Waals surface area contributed by atoms with Crippen LogP contribution in [-0.4, -0.2) is 15.1 Å². The van der Waals surface area contributed by atoms with E-state index in [9.17, 15) is 0 Å². The van der Waals surface area contributed by atoms with Crippen molar-refractivity contribution in [1.29, 1.82) is 0 Å². The standard InChI is InChI=1S/C10H7ClN2O2/c11-10-4-8(1-2-13-10)15-9-3-7(14)5-12-6-9/h1-6,14H. The quantitative estimate of drug-likeness (QED) is 0.794. The van der Waals surface area contributed by atoms with Gasteiger partial charge in [0.25, 0.3) is 0 Å². The van der Waals surface area contributed by atoms with Crippen molar-refractivity contribution in [3.05, 3.63) is 41.9 Å². The maximum Gasteiger partial charge on any atom is 0.149 e. The van der Waals surface area contributed by atoms with Crippen LogP contribution in [0.1, 0.15) is 0 Å². The highest BCUT2D eigenvalue weighted by atomic mass is 35.5. The number of hydrogen-bond donors (Lipinski definition) is 1. The average Bonchev–Trinajstić information content (AvgIpc) is 2.17. The second kappa shape index (κ2) is 4.14. The fourth-order valence-electron chi connectivity index (χ4n) is 1.05. The van der Waals surface area contributed by atoms with Crippen molar-refractivity contribution in [2.45, 2.75) is 0 Å². The van der Waals surface area contributed by atoms with Gasteiger partial charge in [0.1, 0.15) is 22.4 Å². The number of halogens is 1. The summed E-state index contributed by atoms with van der Waals surface area (Å²) in [7, 11) is 0. The molecule has 0 aliphatic rings. The number of ether oxygens (including phenoxy) is 1. The first-order valence-corrected chi connectivity index (χ1v) is 4.55. The first kappa shape index (κ1) is 9.73. The van der Waals surface area contributed by atoms with Gasteiger partial charge in [-0.25, -0.2) is 4.98 Å². The van der Waals surface area contributed by atoms with Gasteiger partial charge in [-0.2, -0.15) is 0 Å². The van der Waals surface area contributed by atoms with Gasteiger partial charge in [-0.3, -0.25) is 4.98 Å². The Morgan fingerprint density at radius 3 is 2.80 bits per heavy atom. The SMILES string of the molecule is Oc1cncc(Oc2ccnc(Cl)c2)c1. The Hall–Kier alpha value is -1.81. The van der Waals surface area contributed by atoms with Crippen molar-refractivity contribution in [1.82, 2.24) is 9.97 Å². The van der Waals surface area contributed by atoms with Crippen molar-refractivity contribution in [2.24, 2.45) is 0 Å². The lowest BCUT2D eigenvalue weighted by Crippen LogP contribution is -1.85. The minimum absolute atomic E-state index is 0.0488. The summed E-state index contributed by atoms with van der Waals surface area (Å²) in [6.07, 6.45) is 4.36. The van der Waals surface area contributed by atoms with Crippen molar-refractivity contribution >= 4 is 11.6 Å². The molecule has 0 saturated heterocycles. The third kappa shape index (κ3) is 2.57. The molecule has 0 aliphatic heterocycles. The molecule has 15 heavy (non-hydrogen) atoms. The highest BCUT2D eigenvalue weighted by Gasteiger charge is 1.99. The van der Waals surface area contributed by atoms with Crippen LogP contribution >= 0.6 is 11.6 Å². The molecule has 0 unspecified atom stereocenters. The number of aromatic hydroxyl groups is 1. The molecule has 1 N–H and O–H groups in total. The van der Waals surface area contributed by atoms with Crippen LogP contribution in [-0.2, 0) is 0 Å². The zero-order valence-electron chi connectivity index (χ0n) is 7.59. The molecule has 76 valence electrons. The highest BCUT2D eigenvalue weighted by molar-refractivity contribution is 6.29. The Balaban J connectivity index is 2.22. The van der Waals surface area contributed by atoms with Crippen LogP contribution in [0, 0.1) is 0 Å². The van der Waals surface area contributed by atoms with E-state index in [2.05, 4.69) is 9.97 Å². The van der Waals surface area contributed by atoms with E-state index in [1.807, 2.05) is 0 Å². The van der Waals surface area contributed by atoms with Crippen LogP contribution in [0.2, 0.25) is 5.15 Å². The average molecular weight is 223 g/mol. The van der Waals surface area contributed by atoms with E-state index in [1.165, 1.54) is 24.7 Å². The Bertz CT molecular complexity index is 433. The van der Waals surface area contributed by atoms with Gasteiger partial charge in [0.05, 0.1) is 12.4 Å². The lowest BCUT2D eigenvalue weighted by molar-refractivity contribution is 0.450. The first-order chi connectivity index (χ1) is 7.24. The molecule has 5 heteroatoms.